The van der Waals surface area contributed by atoms with Gasteiger partial charge in [0, 0.05) is 44.9 Å². The van der Waals surface area contributed by atoms with Gasteiger partial charge in [0.05, 0.1) is 0 Å². The summed E-state index contributed by atoms with van der Waals surface area (Å²) in [6, 6.07) is 0. The lowest BCUT2D eigenvalue weighted by Crippen LogP contribution is -2.19. The molecule has 0 saturated carbocycles. The van der Waals surface area contributed by atoms with Crippen molar-refractivity contribution in [2.24, 2.45) is 0 Å². The molecule has 0 bridgehead atoms. The van der Waals surface area contributed by atoms with Crippen LogP contribution in [0, 0.1) is 0 Å². The second-order valence-electron chi connectivity index (χ2n) is 4.05. The van der Waals surface area contributed by atoms with E-state index in [9.17, 15) is 0 Å². The van der Waals surface area contributed by atoms with Gasteiger partial charge in [-0.25, -0.2) is 4.98 Å². The van der Waals surface area contributed by atoms with Gasteiger partial charge in [-0.3, -0.25) is 0 Å². The summed E-state index contributed by atoms with van der Waals surface area (Å²) in [7, 11) is 3.82. The van der Waals surface area contributed by atoms with Crippen LogP contribution in [0.25, 0.3) is 0 Å². The van der Waals surface area contributed by atoms with Gasteiger partial charge in [-0.1, -0.05) is 6.92 Å². The first kappa shape index (κ1) is 14.4. The lowest BCUT2D eigenvalue weighted by molar-refractivity contribution is 0.196. The normalized spacial score (nSPS) is 10.8. The van der Waals surface area contributed by atoms with Gasteiger partial charge in [0.2, 0.25) is 0 Å². The van der Waals surface area contributed by atoms with Crippen molar-refractivity contribution in [1.29, 1.82) is 0 Å². The number of hydrogen-bond acceptors (Lipinski definition) is 5. The predicted molar refractivity (Wildman–Crippen MR) is 73.9 cm³/mol. The van der Waals surface area contributed by atoms with Crippen LogP contribution in [0.2, 0.25) is 0 Å². The molecule has 5 heteroatoms. The Morgan fingerprint density at radius 2 is 2.35 bits per heavy atom. The quantitative estimate of drug-likeness (QED) is 0.688. The number of thiazole rings is 1. The molecule has 4 nitrogen and oxygen atoms in total. The van der Waals surface area contributed by atoms with Crippen molar-refractivity contribution >= 4 is 16.5 Å². The molecular weight excluding hydrogens is 234 g/mol. The highest BCUT2D eigenvalue weighted by molar-refractivity contribution is 7.15. The zero-order valence-electron chi connectivity index (χ0n) is 11.0. The summed E-state index contributed by atoms with van der Waals surface area (Å²) < 4.78 is 5.05. The molecule has 1 N–H and O–H groups in total. The Labute approximate surface area is 108 Å². The molecule has 0 fully saturated rings. The molecule has 1 aromatic heterocycles. The highest BCUT2D eigenvalue weighted by Gasteiger charge is 2.06. The fourth-order valence-corrected chi connectivity index (χ4v) is 2.35. The van der Waals surface area contributed by atoms with Gasteiger partial charge in [-0.15, -0.1) is 11.3 Å². The third-order valence-electron chi connectivity index (χ3n) is 2.44. The highest BCUT2D eigenvalue weighted by atomic mass is 32.1. The van der Waals surface area contributed by atoms with Crippen LogP contribution >= 0.6 is 11.3 Å². The van der Waals surface area contributed by atoms with Crippen LogP contribution < -0.4 is 10.2 Å². The number of ether oxygens (including phenoxy) is 1. The summed E-state index contributed by atoms with van der Waals surface area (Å²) in [4.78, 5) is 7.92. The number of rotatable bonds is 9. The van der Waals surface area contributed by atoms with Gasteiger partial charge in [0.1, 0.15) is 0 Å². The summed E-state index contributed by atoms with van der Waals surface area (Å²) >= 11 is 1.76. The first-order valence-corrected chi connectivity index (χ1v) is 6.95. The van der Waals surface area contributed by atoms with Crippen LogP contribution in [0.5, 0.6) is 0 Å². The molecule has 0 atom stereocenters. The predicted octanol–water partition coefficient (Wildman–Crippen LogP) is 2.12. The third-order valence-corrected chi connectivity index (χ3v) is 3.55. The topological polar surface area (TPSA) is 37.4 Å². The minimum absolute atomic E-state index is 0.806. The van der Waals surface area contributed by atoms with E-state index in [-0.39, 0.29) is 0 Å². The fourth-order valence-electron chi connectivity index (χ4n) is 1.49. The SMILES string of the molecule is CCCNCc1cnc(N(C)CCCOC)s1. The smallest absolute Gasteiger partial charge is 0.185 e. The van der Waals surface area contributed by atoms with Crippen molar-refractivity contribution in [2.45, 2.75) is 26.3 Å². The molecule has 0 spiro atoms. The van der Waals surface area contributed by atoms with E-state index in [1.807, 2.05) is 6.20 Å². The third kappa shape index (κ3) is 5.48. The van der Waals surface area contributed by atoms with Crippen LogP contribution in [0.15, 0.2) is 6.20 Å². The summed E-state index contributed by atoms with van der Waals surface area (Å²) in [5, 5.41) is 4.48. The second-order valence-corrected chi connectivity index (χ2v) is 5.15. The molecule has 0 saturated heterocycles. The molecule has 0 aliphatic rings. The van der Waals surface area contributed by atoms with Crippen LogP contribution in [0.1, 0.15) is 24.6 Å². The average molecular weight is 257 g/mol. The molecule has 0 unspecified atom stereocenters. The van der Waals surface area contributed by atoms with Gasteiger partial charge in [0.15, 0.2) is 5.13 Å². The Hall–Kier alpha value is -0.650. The van der Waals surface area contributed by atoms with Crippen LogP contribution in [0.3, 0.4) is 0 Å². The molecule has 17 heavy (non-hydrogen) atoms. The van der Waals surface area contributed by atoms with Gasteiger partial charge < -0.3 is 15.0 Å². The molecule has 0 aliphatic carbocycles. The zero-order valence-corrected chi connectivity index (χ0v) is 11.8. The number of anilines is 1. The number of nitrogens with one attached hydrogen (secondary N) is 1. The Balaban J connectivity index is 2.33. The maximum Gasteiger partial charge on any atom is 0.185 e. The zero-order chi connectivity index (χ0) is 12.5. The largest absolute Gasteiger partial charge is 0.385 e. The molecule has 0 radical (unpaired) electrons. The minimum Gasteiger partial charge on any atom is -0.385 e. The number of methoxy groups -OCH3 is 1. The molecular formula is C12H23N3OS. The Morgan fingerprint density at radius 3 is 3.06 bits per heavy atom. The highest BCUT2D eigenvalue weighted by Crippen LogP contribution is 2.21. The number of nitrogens with zero attached hydrogens (tertiary/aromatic N) is 2. The molecule has 0 amide bonds. The van der Waals surface area contributed by atoms with Gasteiger partial charge in [-0.05, 0) is 19.4 Å². The van der Waals surface area contributed by atoms with Gasteiger partial charge in [0.25, 0.3) is 0 Å². The number of hydrogen-bond donors (Lipinski definition) is 1. The van der Waals surface area contributed by atoms with Crippen molar-refractivity contribution in [2.75, 3.05) is 38.8 Å². The number of aromatic nitrogens is 1. The first-order chi connectivity index (χ1) is 8.27. The Morgan fingerprint density at radius 1 is 1.53 bits per heavy atom. The van der Waals surface area contributed by atoms with E-state index < -0.39 is 0 Å². The standard InChI is InChI=1S/C12H23N3OS/c1-4-6-13-9-11-10-14-12(17-11)15(2)7-5-8-16-3/h10,13H,4-9H2,1-3H3. The Kier molecular flexibility index (Phi) is 7.16. The maximum absolute atomic E-state index is 5.05. The van der Waals surface area contributed by atoms with E-state index in [1.165, 1.54) is 11.3 Å². The monoisotopic (exact) mass is 257 g/mol. The lowest BCUT2D eigenvalue weighted by Gasteiger charge is -2.14. The Bertz CT molecular complexity index is 304. The van der Waals surface area contributed by atoms with Gasteiger partial charge >= 0.3 is 0 Å². The van der Waals surface area contributed by atoms with E-state index in [0.717, 1.165) is 37.8 Å². The molecule has 98 valence electrons. The van der Waals surface area contributed by atoms with Crippen molar-refractivity contribution in [1.82, 2.24) is 10.3 Å². The van der Waals surface area contributed by atoms with Crippen LogP contribution in [0.4, 0.5) is 5.13 Å². The maximum atomic E-state index is 5.05. The van der Waals surface area contributed by atoms with Gasteiger partial charge in [-0.2, -0.15) is 0 Å². The van der Waals surface area contributed by atoms with Crippen molar-refractivity contribution in [3.05, 3.63) is 11.1 Å². The molecule has 0 aromatic carbocycles. The molecule has 1 heterocycles. The van der Waals surface area contributed by atoms with E-state index in [2.05, 4.69) is 29.2 Å². The second kappa shape index (κ2) is 8.44. The fraction of sp³-hybridized carbons (Fsp3) is 0.750. The van der Waals surface area contributed by atoms with E-state index in [4.69, 9.17) is 4.74 Å². The van der Waals surface area contributed by atoms with Crippen LogP contribution in [-0.4, -0.2) is 38.8 Å². The summed E-state index contributed by atoms with van der Waals surface area (Å²) in [5.41, 5.74) is 0. The van der Waals surface area contributed by atoms with Crippen molar-refractivity contribution < 1.29 is 4.74 Å². The van der Waals surface area contributed by atoms with Crippen molar-refractivity contribution in [3.8, 4) is 0 Å². The van der Waals surface area contributed by atoms with E-state index in [0.29, 0.717) is 0 Å². The molecule has 1 aromatic rings. The first-order valence-electron chi connectivity index (χ1n) is 6.13. The van der Waals surface area contributed by atoms with Crippen molar-refractivity contribution in [3.63, 3.8) is 0 Å². The van der Waals surface area contributed by atoms with E-state index in [1.54, 1.807) is 18.4 Å². The summed E-state index contributed by atoms with van der Waals surface area (Å²) in [6.45, 7) is 5.97. The van der Waals surface area contributed by atoms with Crippen LogP contribution in [-0.2, 0) is 11.3 Å². The molecule has 0 aliphatic heterocycles. The minimum atomic E-state index is 0.806. The summed E-state index contributed by atoms with van der Waals surface area (Å²) in [5.74, 6) is 0. The summed E-state index contributed by atoms with van der Waals surface area (Å²) in [6.07, 6.45) is 4.17. The average Bonchev–Trinajstić information content (AvgIpc) is 2.78. The van der Waals surface area contributed by atoms with E-state index >= 15 is 0 Å². The lowest BCUT2D eigenvalue weighted by atomic mass is 10.4. The molecule has 1 rings (SSSR count).